The summed E-state index contributed by atoms with van der Waals surface area (Å²) in [6.07, 6.45) is 3.78. The second-order valence-corrected chi connectivity index (χ2v) is 9.33. The van der Waals surface area contributed by atoms with E-state index in [1.165, 1.54) is 17.4 Å². The van der Waals surface area contributed by atoms with E-state index in [1.807, 2.05) is 30.3 Å². The predicted molar refractivity (Wildman–Crippen MR) is 124 cm³/mol. The molecule has 2 heterocycles. The van der Waals surface area contributed by atoms with Gasteiger partial charge in [-0.3, -0.25) is 14.4 Å². The lowest BCUT2D eigenvalue weighted by atomic mass is 9.95. The van der Waals surface area contributed by atoms with Gasteiger partial charge in [0.05, 0.1) is 17.0 Å². The lowest BCUT2D eigenvalue weighted by Gasteiger charge is -2.11. The van der Waals surface area contributed by atoms with Crippen LogP contribution in [0.25, 0.3) is 0 Å². The van der Waals surface area contributed by atoms with Gasteiger partial charge in [0.2, 0.25) is 5.91 Å². The molecule has 1 aliphatic carbocycles. The normalized spacial score (nSPS) is 12.8. The first-order valence-electron chi connectivity index (χ1n) is 10.1. The van der Waals surface area contributed by atoms with Crippen LogP contribution in [-0.2, 0) is 24.2 Å². The van der Waals surface area contributed by atoms with Crippen molar-refractivity contribution in [3.8, 4) is 5.75 Å². The van der Waals surface area contributed by atoms with Crippen LogP contribution in [0.1, 0.15) is 39.3 Å². The summed E-state index contributed by atoms with van der Waals surface area (Å²) >= 11 is 2.52. The fourth-order valence-corrected chi connectivity index (χ4v) is 5.52. The Morgan fingerprint density at radius 3 is 2.78 bits per heavy atom. The summed E-state index contributed by atoms with van der Waals surface area (Å²) in [5, 5.41) is 3.63. The highest BCUT2D eigenvalue weighted by molar-refractivity contribution is 7.99. The third kappa shape index (κ3) is 5.38. The monoisotopic (exact) mass is 470 g/mol. The fraction of sp³-hybridized carbons (Fsp3) is 0.273. The number of nitrogens with two attached hydrogens (primary N) is 1. The first kappa shape index (κ1) is 22.1. The number of amides is 2. The molecular weight excluding hydrogens is 448 g/mol. The first-order chi connectivity index (χ1) is 15.5. The van der Waals surface area contributed by atoms with Gasteiger partial charge < -0.3 is 20.8 Å². The van der Waals surface area contributed by atoms with E-state index >= 15 is 0 Å². The minimum absolute atomic E-state index is 0.0205. The maximum Gasteiger partial charge on any atom is 0.251 e. The molecule has 10 heteroatoms. The number of aromatic amines is 1. The molecule has 0 bridgehead atoms. The van der Waals surface area contributed by atoms with Gasteiger partial charge in [0.25, 0.3) is 11.5 Å². The zero-order valence-corrected chi connectivity index (χ0v) is 18.8. The molecule has 1 aliphatic rings. The van der Waals surface area contributed by atoms with Gasteiger partial charge in [0.15, 0.2) is 5.16 Å². The number of para-hydroxylation sites is 1. The highest BCUT2D eigenvalue weighted by Crippen LogP contribution is 2.38. The van der Waals surface area contributed by atoms with E-state index in [-0.39, 0.29) is 23.8 Å². The van der Waals surface area contributed by atoms with Gasteiger partial charge in [-0.15, -0.1) is 11.3 Å². The molecule has 0 spiro atoms. The quantitative estimate of drug-likeness (QED) is 0.343. The van der Waals surface area contributed by atoms with E-state index in [2.05, 4.69) is 15.3 Å². The first-order valence-corrected chi connectivity index (χ1v) is 11.9. The summed E-state index contributed by atoms with van der Waals surface area (Å²) in [5.41, 5.74) is 7.11. The van der Waals surface area contributed by atoms with E-state index in [4.69, 9.17) is 10.5 Å². The van der Waals surface area contributed by atoms with E-state index < -0.39 is 5.91 Å². The SMILES string of the molecule is NC(=O)c1c(NC(=O)CSc2nc(COc3ccccc3)cc(=O)[nH]2)sc2c1CCCC2. The molecule has 32 heavy (non-hydrogen) atoms. The number of H-pyrrole nitrogens is 1. The number of aromatic nitrogens is 2. The average molecular weight is 471 g/mol. The number of nitrogens with zero attached hydrogens (tertiary/aromatic N) is 1. The maximum atomic E-state index is 12.5. The van der Waals surface area contributed by atoms with E-state index in [1.54, 1.807) is 0 Å². The van der Waals surface area contributed by atoms with Crippen LogP contribution >= 0.6 is 23.1 Å². The van der Waals surface area contributed by atoms with E-state index in [0.717, 1.165) is 47.9 Å². The molecule has 3 aromatic rings. The lowest BCUT2D eigenvalue weighted by Crippen LogP contribution is -2.20. The number of hydrogen-bond acceptors (Lipinski definition) is 7. The molecule has 0 unspecified atom stereocenters. The van der Waals surface area contributed by atoms with Gasteiger partial charge >= 0.3 is 0 Å². The largest absolute Gasteiger partial charge is 0.487 e. The minimum atomic E-state index is -0.524. The number of thioether (sulfide) groups is 1. The van der Waals surface area contributed by atoms with Crippen molar-refractivity contribution < 1.29 is 14.3 Å². The Labute approximate surface area is 192 Å². The van der Waals surface area contributed by atoms with Crippen LogP contribution in [0.4, 0.5) is 5.00 Å². The standard InChI is InChI=1S/C22H22N4O4S2/c23-20(29)19-15-8-4-5-9-16(15)32-21(19)25-18(28)12-31-22-24-13(10-17(27)26-22)11-30-14-6-2-1-3-7-14/h1-3,6-7,10H,4-5,8-9,11-12H2,(H2,23,29)(H,25,28)(H,24,26,27). The zero-order valence-electron chi connectivity index (χ0n) is 17.2. The molecule has 0 atom stereocenters. The molecular formula is C22H22N4O4S2. The Hall–Kier alpha value is -3.11. The molecule has 0 radical (unpaired) electrons. The number of aryl methyl sites for hydroxylation is 1. The number of hydrogen-bond donors (Lipinski definition) is 3. The summed E-state index contributed by atoms with van der Waals surface area (Å²) in [6.45, 7) is 0.135. The number of nitrogens with one attached hydrogen (secondary N) is 2. The van der Waals surface area contributed by atoms with Crippen molar-refractivity contribution in [3.63, 3.8) is 0 Å². The van der Waals surface area contributed by atoms with Crippen LogP contribution < -0.4 is 21.3 Å². The summed E-state index contributed by atoms with van der Waals surface area (Å²) in [5.74, 6) is -0.131. The molecule has 0 saturated heterocycles. The fourth-order valence-electron chi connectivity index (χ4n) is 3.51. The van der Waals surface area contributed by atoms with Gasteiger partial charge in [0, 0.05) is 10.9 Å². The Balaban J connectivity index is 1.39. The predicted octanol–water partition coefficient (Wildman–Crippen LogP) is 3.12. The Bertz CT molecular complexity index is 1190. The molecule has 8 nitrogen and oxygen atoms in total. The zero-order chi connectivity index (χ0) is 22.5. The number of rotatable bonds is 8. The van der Waals surface area contributed by atoms with Crippen molar-refractivity contribution in [2.45, 2.75) is 37.4 Å². The summed E-state index contributed by atoms with van der Waals surface area (Å²) in [7, 11) is 0. The average Bonchev–Trinajstić information content (AvgIpc) is 3.14. The molecule has 0 aliphatic heterocycles. The number of benzene rings is 1. The lowest BCUT2D eigenvalue weighted by molar-refractivity contribution is -0.113. The van der Waals surface area contributed by atoms with Gasteiger partial charge in [-0.2, -0.15) is 0 Å². The van der Waals surface area contributed by atoms with Crippen molar-refractivity contribution >= 4 is 39.9 Å². The van der Waals surface area contributed by atoms with Crippen LogP contribution in [0.5, 0.6) is 5.75 Å². The van der Waals surface area contributed by atoms with E-state index in [0.29, 0.717) is 27.2 Å². The number of carbonyl (C=O) groups is 2. The van der Waals surface area contributed by atoms with Crippen LogP contribution in [-0.4, -0.2) is 27.5 Å². The van der Waals surface area contributed by atoms with Crippen molar-refractivity contribution in [3.05, 3.63) is 68.4 Å². The highest BCUT2D eigenvalue weighted by atomic mass is 32.2. The molecule has 4 N–H and O–H groups in total. The number of primary amides is 1. The van der Waals surface area contributed by atoms with Gasteiger partial charge in [-0.25, -0.2) is 4.98 Å². The summed E-state index contributed by atoms with van der Waals surface area (Å²) in [6, 6.07) is 10.6. The number of thiophene rings is 1. The third-order valence-electron chi connectivity index (χ3n) is 4.91. The van der Waals surface area contributed by atoms with E-state index in [9.17, 15) is 14.4 Å². The topological polar surface area (TPSA) is 127 Å². The van der Waals surface area contributed by atoms with Crippen LogP contribution in [0.2, 0.25) is 0 Å². The second kappa shape index (κ2) is 10.0. The maximum absolute atomic E-state index is 12.5. The van der Waals surface area contributed by atoms with Gasteiger partial charge in [-0.05, 0) is 43.4 Å². The van der Waals surface area contributed by atoms with Gasteiger partial charge in [-0.1, -0.05) is 30.0 Å². The smallest absolute Gasteiger partial charge is 0.251 e. The Kier molecular flexibility index (Phi) is 6.91. The summed E-state index contributed by atoms with van der Waals surface area (Å²) < 4.78 is 5.64. The molecule has 0 fully saturated rings. The molecule has 2 amide bonds. The van der Waals surface area contributed by atoms with Crippen molar-refractivity contribution in [1.29, 1.82) is 0 Å². The highest BCUT2D eigenvalue weighted by Gasteiger charge is 2.25. The van der Waals surface area contributed by atoms with Crippen molar-refractivity contribution in [2.24, 2.45) is 5.73 Å². The number of anilines is 1. The second-order valence-electron chi connectivity index (χ2n) is 7.26. The Morgan fingerprint density at radius 2 is 2.00 bits per heavy atom. The van der Waals surface area contributed by atoms with Crippen LogP contribution in [0.15, 0.2) is 46.3 Å². The van der Waals surface area contributed by atoms with Crippen molar-refractivity contribution in [2.75, 3.05) is 11.1 Å². The Morgan fingerprint density at radius 1 is 1.22 bits per heavy atom. The van der Waals surface area contributed by atoms with Crippen molar-refractivity contribution in [1.82, 2.24) is 9.97 Å². The number of carbonyl (C=O) groups excluding carboxylic acids is 2. The molecule has 4 rings (SSSR count). The summed E-state index contributed by atoms with van der Waals surface area (Å²) in [4.78, 5) is 44.6. The molecule has 0 saturated carbocycles. The van der Waals surface area contributed by atoms with Crippen LogP contribution in [0.3, 0.4) is 0 Å². The van der Waals surface area contributed by atoms with Crippen LogP contribution in [0, 0.1) is 0 Å². The molecule has 2 aromatic heterocycles. The number of ether oxygens (including phenoxy) is 1. The minimum Gasteiger partial charge on any atom is -0.487 e. The van der Waals surface area contributed by atoms with Gasteiger partial charge in [0.1, 0.15) is 17.4 Å². The molecule has 166 valence electrons. The third-order valence-corrected chi connectivity index (χ3v) is 6.99. The number of fused-ring (bicyclic) bond motifs is 1. The molecule has 1 aromatic carbocycles.